The van der Waals surface area contributed by atoms with Gasteiger partial charge in [0.25, 0.3) is 5.91 Å². The minimum absolute atomic E-state index is 0. The Morgan fingerprint density at radius 3 is 2.69 bits per heavy atom. The Kier molecular flexibility index (Phi) is 9.65. The van der Waals surface area contributed by atoms with Gasteiger partial charge in [0.05, 0.1) is 17.5 Å². The van der Waals surface area contributed by atoms with Crippen LogP contribution in [-0.4, -0.2) is 55.1 Å². The molecule has 3 rings (SSSR count). The summed E-state index contributed by atoms with van der Waals surface area (Å²) in [5, 5.41) is 6.33. The maximum Gasteiger partial charge on any atom is 0.253 e. The van der Waals surface area contributed by atoms with Gasteiger partial charge < -0.3 is 20.0 Å². The second-order valence-electron chi connectivity index (χ2n) is 6.01. The molecule has 0 spiro atoms. The molecule has 144 valence electrons. The van der Waals surface area contributed by atoms with E-state index in [0.29, 0.717) is 23.6 Å². The number of carbonyl (C=O) groups is 1. The summed E-state index contributed by atoms with van der Waals surface area (Å²) in [7, 11) is 0. The fourth-order valence-electron chi connectivity index (χ4n) is 2.90. The first-order valence-electron chi connectivity index (χ1n) is 8.47. The molecular formula is C18H26Cl2N4O2. The zero-order valence-electron chi connectivity index (χ0n) is 14.9. The van der Waals surface area contributed by atoms with Crippen molar-refractivity contribution in [2.24, 2.45) is 0 Å². The first-order chi connectivity index (χ1) is 11.7. The van der Waals surface area contributed by atoms with Crippen molar-refractivity contribution in [3.05, 3.63) is 41.8 Å². The number of rotatable bonds is 6. The van der Waals surface area contributed by atoms with E-state index in [9.17, 15) is 4.79 Å². The predicted molar refractivity (Wildman–Crippen MR) is 107 cm³/mol. The van der Waals surface area contributed by atoms with Gasteiger partial charge in [-0.3, -0.25) is 4.79 Å². The van der Waals surface area contributed by atoms with Crippen LogP contribution in [0, 0.1) is 6.92 Å². The summed E-state index contributed by atoms with van der Waals surface area (Å²) in [4.78, 5) is 19.2. The zero-order valence-corrected chi connectivity index (χ0v) is 16.5. The molecule has 1 amide bonds. The molecule has 0 aromatic carbocycles. The Morgan fingerprint density at radius 2 is 2.04 bits per heavy atom. The molecule has 3 heterocycles. The minimum atomic E-state index is -0.0636. The van der Waals surface area contributed by atoms with Crippen molar-refractivity contribution in [1.29, 1.82) is 0 Å². The van der Waals surface area contributed by atoms with Crippen LogP contribution in [0.25, 0.3) is 11.5 Å². The molecular weight excluding hydrogens is 375 g/mol. The molecule has 0 aliphatic carbocycles. The number of nitrogens with zero attached hydrogens (tertiary/aromatic N) is 2. The van der Waals surface area contributed by atoms with E-state index in [-0.39, 0.29) is 30.7 Å². The third kappa shape index (κ3) is 5.99. The SMILES string of the molecule is Cc1nc(-c2ccco2)ccc1C(=O)NCCCN1CCNCC1.Cl.Cl. The Hall–Kier alpha value is -1.60. The maximum absolute atomic E-state index is 12.3. The Morgan fingerprint density at radius 1 is 1.27 bits per heavy atom. The molecule has 6 nitrogen and oxygen atoms in total. The number of nitrogens with one attached hydrogen (secondary N) is 2. The average Bonchev–Trinajstić information content (AvgIpc) is 3.14. The van der Waals surface area contributed by atoms with Gasteiger partial charge in [-0.2, -0.15) is 0 Å². The fourth-order valence-corrected chi connectivity index (χ4v) is 2.90. The van der Waals surface area contributed by atoms with Gasteiger partial charge >= 0.3 is 0 Å². The number of halogens is 2. The largest absolute Gasteiger partial charge is 0.463 e. The number of aryl methyl sites for hydroxylation is 1. The highest BCUT2D eigenvalue weighted by Crippen LogP contribution is 2.19. The first-order valence-corrected chi connectivity index (χ1v) is 8.47. The number of pyridine rings is 1. The smallest absolute Gasteiger partial charge is 0.253 e. The van der Waals surface area contributed by atoms with Gasteiger partial charge in [0.1, 0.15) is 5.69 Å². The Labute approximate surface area is 166 Å². The van der Waals surface area contributed by atoms with E-state index in [1.54, 1.807) is 6.26 Å². The van der Waals surface area contributed by atoms with Crippen molar-refractivity contribution >= 4 is 30.7 Å². The Balaban J connectivity index is 0.00000169. The monoisotopic (exact) mass is 400 g/mol. The summed E-state index contributed by atoms with van der Waals surface area (Å²) in [6.07, 6.45) is 2.58. The number of carbonyl (C=O) groups excluding carboxylic acids is 1. The zero-order chi connectivity index (χ0) is 16.8. The molecule has 0 atom stereocenters. The molecule has 1 aliphatic rings. The van der Waals surface area contributed by atoms with E-state index in [1.807, 2.05) is 31.2 Å². The lowest BCUT2D eigenvalue weighted by Gasteiger charge is -2.27. The van der Waals surface area contributed by atoms with Crippen LogP contribution >= 0.6 is 24.8 Å². The van der Waals surface area contributed by atoms with Crippen molar-refractivity contribution in [2.75, 3.05) is 39.3 Å². The van der Waals surface area contributed by atoms with E-state index < -0.39 is 0 Å². The van der Waals surface area contributed by atoms with Crippen molar-refractivity contribution in [1.82, 2.24) is 20.5 Å². The average molecular weight is 401 g/mol. The van der Waals surface area contributed by atoms with Gasteiger partial charge in [0.15, 0.2) is 5.76 Å². The summed E-state index contributed by atoms with van der Waals surface area (Å²) in [5.74, 6) is 0.646. The lowest BCUT2D eigenvalue weighted by molar-refractivity contribution is 0.0950. The molecule has 1 saturated heterocycles. The van der Waals surface area contributed by atoms with Crippen LogP contribution in [0.2, 0.25) is 0 Å². The van der Waals surface area contributed by atoms with E-state index in [1.165, 1.54) is 0 Å². The number of hydrogen-bond donors (Lipinski definition) is 2. The molecule has 2 N–H and O–H groups in total. The Bertz CT molecular complexity index is 674. The third-order valence-electron chi connectivity index (χ3n) is 4.25. The number of piperazine rings is 1. The van der Waals surface area contributed by atoms with Crippen molar-refractivity contribution in [3.8, 4) is 11.5 Å². The fraction of sp³-hybridized carbons (Fsp3) is 0.444. The highest BCUT2D eigenvalue weighted by molar-refractivity contribution is 5.95. The predicted octanol–water partition coefficient (Wildman–Crippen LogP) is 2.52. The molecule has 8 heteroatoms. The highest BCUT2D eigenvalue weighted by Gasteiger charge is 2.13. The van der Waals surface area contributed by atoms with Crippen molar-refractivity contribution < 1.29 is 9.21 Å². The third-order valence-corrected chi connectivity index (χ3v) is 4.25. The molecule has 0 unspecified atom stereocenters. The van der Waals surface area contributed by atoms with Crippen LogP contribution in [0.1, 0.15) is 22.5 Å². The van der Waals surface area contributed by atoms with Gasteiger partial charge in [0, 0.05) is 32.7 Å². The first kappa shape index (κ1) is 22.4. The lowest BCUT2D eigenvalue weighted by atomic mass is 10.1. The number of aromatic nitrogens is 1. The molecule has 0 bridgehead atoms. The van der Waals surface area contributed by atoms with E-state index >= 15 is 0 Å². The van der Waals surface area contributed by atoms with Crippen LogP contribution in [-0.2, 0) is 0 Å². The molecule has 0 radical (unpaired) electrons. The van der Waals surface area contributed by atoms with E-state index in [2.05, 4.69) is 20.5 Å². The van der Waals surface area contributed by atoms with Crippen LogP contribution in [0.3, 0.4) is 0 Å². The second-order valence-corrected chi connectivity index (χ2v) is 6.01. The molecule has 26 heavy (non-hydrogen) atoms. The maximum atomic E-state index is 12.3. The molecule has 2 aromatic heterocycles. The summed E-state index contributed by atoms with van der Waals surface area (Å²) < 4.78 is 5.34. The summed E-state index contributed by atoms with van der Waals surface area (Å²) >= 11 is 0. The highest BCUT2D eigenvalue weighted by atomic mass is 35.5. The number of hydrogen-bond acceptors (Lipinski definition) is 5. The van der Waals surface area contributed by atoms with Crippen LogP contribution in [0.4, 0.5) is 0 Å². The van der Waals surface area contributed by atoms with E-state index in [0.717, 1.165) is 44.8 Å². The van der Waals surface area contributed by atoms with Gasteiger partial charge in [-0.15, -0.1) is 24.8 Å². The second kappa shape index (κ2) is 11.2. The quantitative estimate of drug-likeness (QED) is 0.728. The lowest BCUT2D eigenvalue weighted by Crippen LogP contribution is -2.44. The van der Waals surface area contributed by atoms with Crippen molar-refractivity contribution in [2.45, 2.75) is 13.3 Å². The summed E-state index contributed by atoms with van der Waals surface area (Å²) in [6, 6.07) is 7.32. The van der Waals surface area contributed by atoms with Crippen LogP contribution < -0.4 is 10.6 Å². The minimum Gasteiger partial charge on any atom is -0.463 e. The molecule has 1 aliphatic heterocycles. The molecule has 0 saturated carbocycles. The summed E-state index contributed by atoms with van der Waals surface area (Å²) in [5.41, 5.74) is 2.07. The number of furan rings is 1. The normalized spacial score (nSPS) is 14.2. The number of amides is 1. The molecule has 2 aromatic rings. The van der Waals surface area contributed by atoms with Gasteiger partial charge in [0.2, 0.25) is 0 Å². The standard InChI is InChI=1S/C18H24N4O2.2ClH/c1-14-15(5-6-16(21-14)17-4-2-13-24-17)18(23)20-7-3-10-22-11-8-19-9-12-22;;/h2,4-6,13,19H,3,7-12H2,1H3,(H,20,23);2*1H. The van der Waals surface area contributed by atoms with Gasteiger partial charge in [-0.25, -0.2) is 4.98 Å². The topological polar surface area (TPSA) is 70.4 Å². The van der Waals surface area contributed by atoms with Crippen LogP contribution in [0.15, 0.2) is 34.9 Å². The van der Waals surface area contributed by atoms with E-state index in [4.69, 9.17) is 4.42 Å². The van der Waals surface area contributed by atoms with Crippen molar-refractivity contribution in [3.63, 3.8) is 0 Å². The summed E-state index contributed by atoms with van der Waals surface area (Å²) in [6.45, 7) is 7.84. The van der Waals surface area contributed by atoms with Gasteiger partial charge in [-0.05, 0) is 44.2 Å². The molecule has 1 fully saturated rings. The van der Waals surface area contributed by atoms with Gasteiger partial charge in [-0.1, -0.05) is 0 Å². The van der Waals surface area contributed by atoms with Crippen LogP contribution in [0.5, 0.6) is 0 Å².